The lowest BCUT2D eigenvalue weighted by Crippen LogP contribution is -2.09. The molecule has 0 bridgehead atoms. The smallest absolute Gasteiger partial charge is 0.221 e. The van der Waals surface area contributed by atoms with Gasteiger partial charge in [0.2, 0.25) is 5.95 Å². The zero-order valence-corrected chi connectivity index (χ0v) is 30.8. The van der Waals surface area contributed by atoms with Crippen LogP contribution in [0.3, 0.4) is 0 Å². The van der Waals surface area contributed by atoms with Crippen LogP contribution in [0.1, 0.15) is 0 Å². The predicted molar refractivity (Wildman–Crippen MR) is 237 cm³/mol. The Labute approximate surface area is 327 Å². The zero-order chi connectivity index (χ0) is 37.5. The molecule has 0 fully saturated rings. The molecule has 0 aliphatic rings. The summed E-state index contributed by atoms with van der Waals surface area (Å²) in [5.74, 6) is 0.821. The number of benzene rings is 9. The minimum Gasteiger partial charge on any atom is -0.310 e. The van der Waals surface area contributed by atoms with Crippen LogP contribution in [0.2, 0.25) is 0 Å². The van der Waals surface area contributed by atoms with Crippen molar-refractivity contribution in [3.8, 4) is 17.1 Å². The number of fused-ring (bicyclic) bond motifs is 11. The highest BCUT2D eigenvalue weighted by atomic mass is 15.2. The molecule has 12 rings (SSSR count). The topological polar surface area (TPSA) is 38.4 Å². The molecule has 57 heavy (non-hydrogen) atoms. The van der Waals surface area contributed by atoms with Crippen LogP contribution in [0.15, 0.2) is 200 Å². The standard InChI is InChI=1S/C52H33N5/c1-3-14-39(15-4-1)55(40-16-5-2-6-17-40)41-28-25-36-31-35(23-24-37(36)32-41)38-27-29-47-44(33-38)50-42-18-8-7-13-34(42)26-30-49(50)56(47)52-54-45-20-10-9-19-43(45)51-53-46-21-11-12-22-48(46)57(51)52/h1-33H. The van der Waals surface area contributed by atoms with E-state index in [1.807, 2.05) is 6.07 Å². The van der Waals surface area contributed by atoms with E-state index in [4.69, 9.17) is 9.97 Å². The van der Waals surface area contributed by atoms with Gasteiger partial charge in [-0.2, -0.15) is 0 Å². The molecule has 9 aromatic carbocycles. The molecule has 3 aromatic heterocycles. The van der Waals surface area contributed by atoms with Gasteiger partial charge in [-0.25, -0.2) is 9.97 Å². The number of aromatic nitrogens is 4. The Bertz CT molecular complexity index is 3490. The minimum atomic E-state index is 0.821. The first kappa shape index (κ1) is 31.6. The van der Waals surface area contributed by atoms with E-state index in [0.717, 1.165) is 61.6 Å². The van der Waals surface area contributed by atoms with Gasteiger partial charge >= 0.3 is 0 Å². The minimum absolute atomic E-state index is 0.821. The van der Waals surface area contributed by atoms with Crippen LogP contribution in [-0.2, 0) is 0 Å². The Hall–Kier alpha value is -7.76. The molecule has 3 heterocycles. The molecule has 0 amide bonds. The van der Waals surface area contributed by atoms with Crippen LogP contribution in [-0.4, -0.2) is 18.9 Å². The molecule has 0 unspecified atom stereocenters. The summed E-state index contributed by atoms with van der Waals surface area (Å²) in [6.07, 6.45) is 0. The van der Waals surface area contributed by atoms with Crippen molar-refractivity contribution < 1.29 is 0 Å². The van der Waals surface area contributed by atoms with Gasteiger partial charge in [-0.1, -0.05) is 115 Å². The number of rotatable bonds is 5. The highest BCUT2D eigenvalue weighted by Crippen LogP contribution is 2.41. The molecule has 0 saturated carbocycles. The molecular formula is C52H33N5. The predicted octanol–water partition coefficient (Wildman–Crippen LogP) is 13.6. The fourth-order valence-corrected chi connectivity index (χ4v) is 8.82. The van der Waals surface area contributed by atoms with Crippen molar-refractivity contribution >= 4 is 88.0 Å². The van der Waals surface area contributed by atoms with E-state index in [-0.39, 0.29) is 0 Å². The first-order valence-electron chi connectivity index (χ1n) is 19.3. The number of anilines is 3. The molecule has 12 aromatic rings. The van der Waals surface area contributed by atoms with Gasteiger partial charge in [0.1, 0.15) is 5.65 Å². The summed E-state index contributed by atoms with van der Waals surface area (Å²) in [6.45, 7) is 0. The molecule has 0 atom stereocenters. The second-order valence-electron chi connectivity index (χ2n) is 14.7. The van der Waals surface area contributed by atoms with E-state index >= 15 is 0 Å². The average Bonchev–Trinajstić information content (AvgIpc) is 3.83. The van der Waals surface area contributed by atoms with Crippen LogP contribution in [0, 0.1) is 0 Å². The second-order valence-corrected chi connectivity index (χ2v) is 14.7. The van der Waals surface area contributed by atoms with E-state index in [2.05, 4.69) is 208 Å². The molecule has 0 radical (unpaired) electrons. The molecular weight excluding hydrogens is 695 g/mol. The summed E-state index contributed by atoms with van der Waals surface area (Å²) < 4.78 is 4.57. The summed E-state index contributed by atoms with van der Waals surface area (Å²) in [6, 6.07) is 71.5. The summed E-state index contributed by atoms with van der Waals surface area (Å²) in [4.78, 5) is 12.9. The van der Waals surface area contributed by atoms with Gasteiger partial charge in [0.05, 0.1) is 27.6 Å². The van der Waals surface area contributed by atoms with Gasteiger partial charge in [0.25, 0.3) is 0 Å². The van der Waals surface area contributed by atoms with Crippen LogP contribution in [0.25, 0.3) is 88.0 Å². The van der Waals surface area contributed by atoms with Crippen LogP contribution < -0.4 is 4.90 Å². The quantitative estimate of drug-likeness (QED) is 0.177. The van der Waals surface area contributed by atoms with Crippen molar-refractivity contribution in [1.82, 2.24) is 18.9 Å². The summed E-state index contributed by atoms with van der Waals surface area (Å²) in [7, 11) is 0. The summed E-state index contributed by atoms with van der Waals surface area (Å²) in [5, 5.41) is 8.24. The molecule has 266 valence electrons. The van der Waals surface area contributed by atoms with Crippen molar-refractivity contribution in [2.24, 2.45) is 0 Å². The first-order chi connectivity index (χ1) is 28.3. The highest BCUT2D eigenvalue weighted by Gasteiger charge is 2.22. The first-order valence-corrected chi connectivity index (χ1v) is 19.3. The molecule has 0 aliphatic heterocycles. The molecule has 0 aliphatic carbocycles. The Balaban J connectivity index is 1.06. The SMILES string of the molecule is c1ccc(N(c2ccccc2)c2ccc3cc(-c4ccc5c(c4)c4c6ccccc6ccc4n5-c4nc5ccccc5c5nc6ccccc6n45)ccc3c2)cc1. The third-order valence-electron chi connectivity index (χ3n) is 11.4. The van der Waals surface area contributed by atoms with E-state index < -0.39 is 0 Å². The maximum absolute atomic E-state index is 5.40. The van der Waals surface area contributed by atoms with E-state index in [0.29, 0.717) is 0 Å². The Morgan fingerprint density at radius 2 is 0.982 bits per heavy atom. The summed E-state index contributed by atoms with van der Waals surface area (Å²) in [5.41, 5.74) is 11.7. The third-order valence-corrected chi connectivity index (χ3v) is 11.4. The van der Waals surface area contributed by atoms with E-state index in [1.165, 1.54) is 43.4 Å². The lowest BCUT2D eigenvalue weighted by Gasteiger charge is -2.25. The second kappa shape index (κ2) is 12.4. The van der Waals surface area contributed by atoms with Crippen molar-refractivity contribution in [2.75, 3.05) is 4.90 Å². The zero-order valence-electron chi connectivity index (χ0n) is 30.8. The summed E-state index contributed by atoms with van der Waals surface area (Å²) >= 11 is 0. The molecule has 5 heteroatoms. The normalized spacial score (nSPS) is 11.9. The Morgan fingerprint density at radius 1 is 0.368 bits per heavy atom. The Kier molecular flexibility index (Phi) is 6.86. The lowest BCUT2D eigenvalue weighted by atomic mass is 9.98. The molecule has 0 spiro atoms. The average molecular weight is 728 g/mol. The fourth-order valence-electron chi connectivity index (χ4n) is 8.82. The van der Waals surface area contributed by atoms with Crippen LogP contribution >= 0.6 is 0 Å². The van der Waals surface area contributed by atoms with Crippen molar-refractivity contribution in [3.63, 3.8) is 0 Å². The highest BCUT2D eigenvalue weighted by molar-refractivity contribution is 6.22. The molecule has 5 nitrogen and oxygen atoms in total. The fraction of sp³-hybridized carbons (Fsp3) is 0. The van der Waals surface area contributed by atoms with Crippen LogP contribution in [0.5, 0.6) is 0 Å². The number of para-hydroxylation sites is 5. The monoisotopic (exact) mass is 727 g/mol. The van der Waals surface area contributed by atoms with Crippen molar-refractivity contribution in [1.29, 1.82) is 0 Å². The lowest BCUT2D eigenvalue weighted by molar-refractivity contribution is 0.980. The number of imidazole rings is 1. The van der Waals surface area contributed by atoms with Crippen molar-refractivity contribution in [3.05, 3.63) is 200 Å². The van der Waals surface area contributed by atoms with Gasteiger partial charge in [-0.05, 0) is 118 Å². The van der Waals surface area contributed by atoms with Gasteiger partial charge < -0.3 is 4.90 Å². The maximum Gasteiger partial charge on any atom is 0.221 e. The van der Waals surface area contributed by atoms with E-state index in [9.17, 15) is 0 Å². The number of nitrogens with zero attached hydrogens (tertiary/aromatic N) is 5. The van der Waals surface area contributed by atoms with Crippen molar-refractivity contribution in [2.45, 2.75) is 0 Å². The maximum atomic E-state index is 5.40. The number of hydrogen-bond acceptors (Lipinski definition) is 3. The van der Waals surface area contributed by atoms with Gasteiger partial charge in [0.15, 0.2) is 0 Å². The molecule has 0 N–H and O–H groups in total. The van der Waals surface area contributed by atoms with Gasteiger partial charge in [-0.3, -0.25) is 8.97 Å². The Morgan fingerprint density at radius 3 is 1.81 bits per heavy atom. The van der Waals surface area contributed by atoms with Gasteiger partial charge in [0, 0.05) is 33.2 Å². The largest absolute Gasteiger partial charge is 0.310 e. The molecule has 0 saturated heterocycles. The van der Waals surface area contributed by atoms with Gasteiger partial charge in [-0.15, -0.1) is 0 Å². The third kappa shape index (κ3) is 4.89. The van der Waals surface area contributed by atoms with E-state index in [1.54, 1.807) is 0 Å². The number of hydrogen-bond donors (Lipinski definition) is 0. The van der Waals surface area contributed by atoms with Crippen LogP contribution in [0.4, 0.5) is 17.1 Å².